The first-order valence-electron chi connectivity index (χ1n) is 9.27. The van der Waals surface area contributed by atoms with Gasteiger partial charge in [0, 0.05) is 38.4 Å². The third kappa shape index (κ3) is 2.55. The SMILES string of the molecule is C=CS(=O)(=O)c1cccc(N2C(=O)c3ccc4c5c(ccc(c35)C2=O)C(=O)CC4=O)c1. The zero-order valence-electron chi connectivity index (χ0n) is 15.9. The number of anilines is 1. The minimum Gasteiger partial charge on any atom is -0.294 e. The molecule has 0 atom stereocenters. The van der Waals surface area contributed by atoms with Gasteiger partial charge < -0.3 is 0 Å². The second-order valence-corrected chi connectivity index (χ2v) is 9.14. The average molecular weight is 431 g/mol. The van der Waals surface area contributed by atoms with E-state index in [2.05, 4.69) is 6.58 Å². The summed E-state index contributed by atoms with van der Waals surface area (Å²) in [6, 6.07) is 11.4. The molecule has 5 rings (SSSR count). The Hall–Kier alpha value is -3.91. The van der Waals surface area contributed by atoms with E-state index < -0.39 is 21.7 Å². The Bertz CT molecular complexity index is 1450. The summed E-state index contributed by atoms with van der Waals surface area (Å²) in [6.45, 7) is 3.29. The summed E-state index contributed by atoms with van der Waals surface area (Å²) in [4.78, 5) is 52.1. The quantitative estimate of drug-likeness (QED) is 0.465. The van der Waals surface area contributed by atoms with Crippen molar-refractivity contribution in [1.29, 1.82) is 0 Å². The van der Waals surface area contributed by atoms with E-state index in [1.165, 1.54) is 48.5 Å². The molecule has 3 aromatic carbocycles. The van der Waals surface area contributed by atoms with Crippen molar-refractivity contribution in [1.82, 2.24) is 0 Å². The first-order valence-corrected chi connectivity index (χ1v) is 10.8. The topological polar surface area (TPSA) is 106 Å². The summed E-state index contributed by atoms with van der Waals surface area (Å²) < 4.78 is 24.3. The highest BCUT2D eigenvalue weighted by Gasteiger charge is 2.38. The summed E-state index contributed by atoms with van der Waals surface area (Å²) in [7, 11) is -3.77. The Morgan fingerprint density at radius 2 is 1.29 bits per heavy atom. The molecule has 0 aromatic heterocycles. The number of Topliss-reactive ketones (excluding diaryl/α,β-unsaturated/α-hetero) is 2. The number of amides is 2. The maximum absolute atomic E-state index is 13.3. The molecule has 0 saturated carbocycles. The van der Waals surface area contributed by atoms with Crippen LogP contribution in [-0.2, 0) is 9.84 Å². The number of carbonyl (C=O) groups excluding carboxylic acids is 4. The van der Waals surface area contributed by atoms with E-state index in [0.29, 0.717) is 16.5 Å². The van der Waals surface area contributed by atoms with Crippen molar-refractivity contribution in [2.45, 2.75) is 11.3 Å². The zero-order valence-corrected chi connectivity index (χ0v) is 16.7. The Balaban J connectivity index is 1.76. The van der Waals surface area contributed by atoms with Crippen molar-refractivity contribution in [3.63, 3.8) is 0 Å². The van der Waals surface area contributed by atoms with Crippen molar-refractivity contribution >= 4 is 49.7 Å². The van der Waals surface area contributed by atoms with E-state index in [4.69, 9.17) is 0 Å². The summed E-state index contributed by atoms with van der Waals surface area (Å²) >= 11 is 0. The van der Waals surface area contributed by atoms with Gasteiger partial charge in [-0.15, -0.1) is 0 Å². The average Bonchev–Trinajstić information content (AvgIpc) is 2.76. The second-order valence-electron chi connectivity index (χ2n) is 7.25. The molecule has 0 spiro atoms. The van der Waals surface area contributed by atoms with Crippen LogP contribution in [0.5, 0.6) is 0 Å². The van der Waals surface area contributed by atoms with Crippen molar-refractivity contribution in [3.8, 4) is 0 Å². The summed E-state index contributed by atoms with van der Waals surface area (Å²) in [5, 5.41) is 1.38. The molecule has 8 heteroatoms. The van der Waals surface area contributed by atoms with Gasteiger partial charge in [-0.2, -0.15) is 0 Å². The molecule has 31 heavy (non-hydrogen) atoms. The Morgan fingerprint density at radius 3 is 1.84 bits per heavy atom. The maximum Gasteiger partial charge on any atom is 0.265 e. The molecule has 1 aliphatic carbocycles. The molecule has 0 N–H and O–H groups in total. The number of ketones is 2. The highest BCUT2D eigenvalue weighted by Crippen LogP contribution is 2.39. The molecular weight excluding hydrogens is 418 g/mol. The van der Waals surface area contributed by atoms with Crippen LogP contribution in [0.1, 0.15) is 47.9 Å². The molecule has 7 nitrogen and oxygen atoms in total. The first-order chi connectivity index (χ1) is 14.7. The van der Waals surface area contributed by atoms with Gasteiger partial charge in [0.25, 0.3) is 11.8 Å². The minimum atomic E-state index is -3.77. The summed E-state index contributed by atoms with van der Waals surface area (Å²) in [5.41, 5.74) is 1.03. The van der Waals surface area contributed by atoms with Crippen LogP contribution in [0.25, 0.3) is 10.8 Å². The van der Waals surface area contributed by atoms with E-state index in [9.17, 15) is 27.6 Å². The van der Waals surface area contributed by atoms with Gasteiger partial charge in [-0.3, -0.25) is 19.2 Å². The monoisotopic (exact) mass is 431 g/mol. The van der Waals surface area contributed by atoms with E-state index in [-0.39, 0.29) is 45.1 Å². The van der Waals surface area contributed by atoms with Gasteiger partial charge in [0.05, 0.1) is 17.0 Å². The van der Waals surface area contributed by atoms with Gasteiger partial charge in [0.1, 0.15) is 0 Å². The Kier molecular flexibility index (Phi) is 3.87. The molecule has 3 aromatic rings. The highest BCUT2D eigenvalue weighted by molar-refractivity contribution is 7.94. The smallest absolute Gasteiger partial charge is 0.265 e. The maximum atomic E-state index is 13.3. The second kappa shape index (κ2) is 6.29. The van der Waals surface area contributed by atoms with Crippen LogP contribution < -0.4 is 4.90 Å². The first kappa shape index (κ1) is 19.1. The van der Waals surface area contributed by atoms with E-state index in [1.807, 2.05) is 0 Å². The number of hydrogen-bond acceptors (Lipinski definition) is 6. The van der Waals surface area contributed by atoms with Gasteiger partial charge >= 0.3 is 0 Å². The van der Waals surface area contributed by atoms with Gasteiger partial charge in [-0.25, -0.2) is 13.3 Å². The van der Waals surface area contributed by atoms with Crippen LogP contribution >= 0.6 is 0 Å². The lowest BCUT2D eigenvalue weighted by Crippen LogP contribution is -2.41. The Morgan fingerprint density at radius 1 is 0.774 bits per heavy atom. The molecule has 0 unspecified atom stereocenters. The van der Waals surface area contributed by atoms with Crippen molar-refractivity contribution in [3.05, 3.63) is 82.8 Å². The fourth-order valence-electron chi connectivity index (χ4n) is 4.12. The molecule has 2 aliphatic rings. The van der Waals surface area contributed by atoms with Crippen LogP contribution in [0, 0.1) is 0 Å². The molecule has 1 aliphatic heterocycles. The number of hydrogen-bond donors (Lipinski definition) is 0. The predicted molar refractivity (Wildman–Crippen MR) is 112 cm³/mol. The van der Waals surface area contributed by atoms with Crippen molar-refractivity contribution in [2.75, 3.05) is 4.90 Å². The number of nitrogens with zero attached hydrogens (tertiary/aromatic N) is 1. The molecule has 0 saturated heterocycles. The third-order valence-electron chi connectivity index (χ3n) is 5.57. The van der Waals surface area contributed by atoms with Gasteiger partial charge in [0.15, 0.2) is 21.4 Å². The molecule has 0 bridgehead atoms. The fourth-order valence-corrected chi connectivity index (χ4v) is 4.86. The number of rotatable bonds is 3. The van der Waals surface area contributed by atoms with Crippen molar-refractivity contribution < 1.29 is 27.6 Å². The van der Waals surface area contributed by atoms with Crippen LogP contribution in [-0.4, -0.2) is 31.8 Å². The molecule has 152 valence electrons. The lowest BCUT2D eigenvalue weighted by Gasteiger charge is -2.29. The summed E-state index contributed by atoms with van der Waals surface area (Å²) in [5.74, 6) is -2.05. The minimum absolute atomic E-state index is 0.0872. The number of imide groups is 1. The van der Waals surface area contributed by atoms with Crippen LogP contribution in [0.2, 0.25) is 0 Å². The molecular formula is C23H13NO6S. The highest BCUT2D eigenvalue weighted by atomic mass is 32.2. The van der Waals surface area contributed by atoms with E-state index in [0.717, 1.165) is 10.3 Å². The van der Waals surface area contributed by atoms with E-state index >= 15 is 0 Å². The fraction of sp³-hybridized carbons (Fsp3) is 0.0435. The van der Waals surface area contributed by atoms with Crippen LogP contribution in [0.4, 0.5) is 5.69 Å². The lowest BCUT2D eigenvalue weighted by atomic mass is 9.82. The molecule has 2 amide bonds. The van der Waals surface area contributed by atoms with Gasteiger partial charge in [-0.05, 0) is 42.5 Å². The third-order valence-corrected chi connectivity index (χ3v) is 6.92. The number of carbonyl (C=O) groups is 4. The van der Waals surface area contributed by atoms with Gasteiger partial charge in [-0.1, -0.05) is 12.6 Å². The lowest BCUT2D eigenvalue weighted by molar-refractivity contribution is 0.0871. The van der Waals surface area contributed by atoms with Crippen LogP contribution in [0.3, 0.4) is 0 Å². The van der Waals surface area contributed by atoms with Crippen molar-refractivity contribution in [2.24, 2.45) is 0 Å². The Labute approximate surface area is 176 Å². The molecule has 0 radical (unpaired) electrons. The zero-order chi connectivity index (χ0) is 22.1. The molecule has 1 heterocycles. The standard InChI is InChI=1S/C23H13NO6S/c1-2-31(29,30)13-5-3-4-12(10-13)24-22(27)16-8-6-14-18(25)11-19(26)15-7-9-17(23(24)28)21(16)20(14)15/h2-10H,1,11H2. The van der Waals surface area contributed by atoms with Gasteiger partial charge in [0.2, 0.25) is 0 Å². The van der Waals surface area contributed by atoms with E-state index in [1.54, 1.807) is 0 Å². The largest absolute Gasteiger partial charge is 0.294 e. The predicted octanol–water partition coefficient (Wildman–Crippen LogP) is 3.33. The molecule has 0 fully saturated rings. The number of benzene rings is 3. The number of sulfone groups is 1. The summed E-state index contributed by atoms with van der Waals surface area (Å²) in [6.07, 6.45) is -0.251. The normalized spacial score (nSPS) is 15.5. The van der Waals surface area contributed by atoms with Crippen LogP contribution in [0.15, 0.2) is 65.4 Å².